The number of anilines is 1. The van der Waals surface area contributed by atoms with Crippen molar-refractivity contribution in [2.24, 2.45) is 4.99 Å². The molecule has 0 radical (unpaired) electrons. The molecule has 0 unspecified atom stereocenters. The van der Waals surface area contributed by atoms with Gasteiger partial charge in [0.2, 0.25) is 5.89 Å². The number of fused-ring (bicyclic) bond motifs is 1. The average molecular weight is 362 g/mol. The zero-order valence-electron chi connectivity index (χ0n) is 14.9. The first-order valence-corrected chi connectivity index (χ1v) is 9.07. The first-order chi connectivity index (χ1) is 13.2. The minimum Gasteiger partial charge on any atom is -0.439 e. The summed E-state index contributed by atoms with van der Waals surface area (Å²) < 4.78 is 19.7. The van der Waals surface area contributed by atoms with Gasteiger partial charge in [-0.15, -0.1) is 0 Å². The third-order valence-corrected chi connectivity index (χ3v) is 4.67. The van der Waals surface area contributed by atoms with Crippen molar-refractivity contribution < 1.29 is 8.81 Å². The van der Waals surface area contributed by atoms with E-state index in [0.29, 0.717) is 36.7 Å². The van der Waals surface area contributed by atoms with E-state index < -0.39 is 5.82 Å². The number of nitrogens with zero attached hydrogens (tertiary/aromatic N) is 4. The Kier molecular flexibility index (Phi) is 4.84. The van der Waals surface area contributed by atoms with Crippen molar-refractivity contribution in [1.29, 1.82) is 5.26 Å². The molecule has 0 aliphatic carbocycles. The molecule has 0 saturated carbocycles. The van der Waals surface area contributed by atoms with Crippen LogP contribution in [0.15, 0.2) is 45.8 Å². The minimum atomic E-state index is -0.408. The summed E-state index contributed by atoms with van der Waals surface area (Å²) in [5.41, 5.74) is 2.59. The van der Waals surface area contributed by atoms with Crippen molar-refractivity contribution in [2.45, 2.75) is 32.2 Å². The number of hydrogen-bond donors (Lipinski definition) is 0. The maximum atomic E-state index is 13.8. The lowest BCUT2D eigenvalue weighted by Gasteiger charge is -2.27. The van der Waals surface area contributed by atoms with Crippen molar-refractivity contribution in [3.05, 3.63) is 65.2 Å². The fourth-order valence-electron chi connectivity index (χ4n) is 3.30. The quantitative estimate of drug-likeness (QED) is 0.794. The highest BCUT2D eigenvalue weighted by Gasteiger charge is 2.24. The molecule has 2 aromatic rings. The van der Waals surface area contributed by atoms with Crippen molar-refractivity contribution in [1.82, 2.24) is 4.98 Å². The lowest BCUT2D eigenvalue weighted by atomic mass is 10.1. The van der Waals surface area contributed by atoms with Gasteiger partial charge in [0.1, 0.15) is 23.0 Å². The van der Waals surface area contributed by atoms with Gasteiger partial charge in [0.15, 0.2) is 0 Å². The van der Waals surface area contributed by atoms with Gasteiger partial charge in [0.25, 0.3) is 0 Å². The van der Waals surface area contributed by atoms with Crippen LogP contribution in [0.1, 0.15) is 42.2 Å². The molecule has 1 aromatic carbocycles. The van der Waals surface area contributed by atoms with Crippen LogP contribution in [-0.2, 0) is 13.0 Å². The van der Waals surface area contributed by atoms with Gasteiger partial charge in [-0.3, -0.25) is 4.99 Å². The van der Waals surface area contributed by atoms with E-state index in [2.05, 4.69) is 22.1 Å². The molecular formula is C21H19FN4O. The van der Waals surface area contributed by atoms with E-state index in [0.717, 1.165) is 36.4 Å². The topological polar surface area (TPSA) is 65.4 Å². The number of halogens is 1. The van der Waals surface area contributed by atoms with Crippen LogP contribution in [-0.4, -0.2) is 17.7 Å². The predicted molar refractivity (Wildman–Crippen MR) is 102 cm³/mol. The fourth-order valence-corrected chi connectivity index (χ4v) is 3.30. The molecular weight excluding hydrogens is 343 g/mol. The molecule has 0 N–H and O–H groups in total. The molecule has 3 heterocycles. The summed E-state index contributed by atoms with van der Waals surface area (Å²) in [5, 5.41) is 9.07. The summed E-state index contributed by atoms with van der Waals surface area (Å²) in [6.07, 6.45) is 11.6. The third-order valence-electron chi connectivity index (χ3n) is 4.67. The van der Waals surface area contributed by atoms with E-state index >= 15 is 0 Å². The van der Waals surface area contributed by atoms with Crippen molar-refractivity contribution in [3.63, 3.8) is 0 Å². The lowest BCUT2D eigenvalue weighted by Crippen LogP contribution is -2.30. The van der Waals surface area contributed by atoms with Crippen molar-refractivity contribution in [2.75, 3.05) is 11.4 Å². The van der Waals surface area contributed by atoms with E-state index in [4.69, 9.17) is 9.68 Å². The summed E-state index contributed by atoms with van der Waals surface area (Å²) >= 11 is 0. The second-order valence-electron chi connectivity index (χ2n) is 6.60. The second kappa shape index (κ2) is 7.58. The predicted octanol–water partition coefficient (Wildman–Crippen LogP) is 4.40. The molecule has 0 fully saturated rings. The van der Waals surface area contributed by atoms with Crippen molar-refractivity contribution >= 4 is 17.6 Å². The largest absolute Gasteiger partial charge is 0.439 e. The Balaban J connectivity index is 1.59. The van der Waals surface area contributed by atoms with E-state index in [1.807, 2.05) is 17.0 Å². The highest BCUT2D eigenvalue weighted by atomic mass is 19.1. The van der Waals surface area contributed by atoms with E-state index in [1.165, 1.54) is 12.1 Å². The zero-order chi connectivity index (χ0) is 18.6. The maximum Gasteiger partial charge on any atom is 0.245 e. The molecule has 2 aliphatic heterocycles. The van der Waals surface area contributed by atoms with Gasteiger partial charge in [-0.05, 0) is 43.5 Å². The fraction of sp³-hybridized carbons (Fsp3) is 0.286. The van der Waals surface area contributed by atoms with Crippen LogP contribution >= 0.6 is 0 Å². The normalized spacial score (nSPS) is 21.0. The first kappa shape index (κ1) is 17.2. The van der Waals surface area contributed by atoms with Gasteiger partial charge in [-0.25, -0.2) is 9.37 Å². The maximum absolute atomic E-state index is 13.8. The molecule has 0 bridgehead atoms. The van der Waals surface area contributed by atoms with Gasteiger partial charge in [-0.2, -0.15) is 5.26 Å². The Hall–Kier alpha value is -3.20. The number of allylic oxidation sites excluding steroid dienone is 3. The third kappa shape index (κ3) is 3.82. The van der Waals surface area contributed by atoms with Gasteiger partial charge in [-0.1, -0.05) is 12.2 Å². The Morgan fingerprint density at radius 3 is 3.04 bits per heavy atom. The Morgan fingerprint density at radius 1 is 1.22 bits per heavy atom. The Morgan fingerprint density at radius 2 is 2.15 bits per heavy atom. The molecule has 6 heteroatoms. The van der Waals surface area contributed by atoms with Crippen LogP contribution < -0.4 is 4.90 Å². The number of nitriles is 1. The smallest absolute Gasteiger partial charge is 0.245 e. The molecule has 1 aromatic heterocycles. The van der Waals surface area contributed by atoms with Crippen LogP contribution in [0.5, 0.6) is 0 Å². The van der Waals surface area contributed by atoms with Crippen LogP contribution in [0.2, 0.25) is 0 Å². The van der Waals surface area contributed by atoms with E-state index in [-0.39, 0.29) is 0 Å². The number of oxazole rings is 1. The lowest BCUT2D eigenvalue weighted by molar-refractivity contribution is 0.477. The Bertz CT molecular complexity index is 981. The van der Waals surface area contributed by atoms with Crippen LogP contribution in [0.4, 0.5) is 10.1 Å². The average Bonchev–Trinajstić information content (AvgIpc) is 3.15. The van der Waals surface area contributed by atoms with Gasteiger partial charge in [0.05, 0.1) is 18.2 Å². The van der Waals surface area contributed by atoms with Crippen molar-refractivity contribution in [3.8, 4) is 6.07 Å². The SMILES string of the molecule is N#Cc1cc(F)cc(N2CCc3oc(C4=C\CCC/C=C/C=N/4)nc3C2)c1. The molecule has 0 saturated heterocycles. The number of rotatable bonds is 2. The number of aliphatic imine (C=N–C) groups is 1. The molecule has 4 rings (SSSR count). The number of hydrogen-bond acceptors (Lipinski definition) is 5. The van der Waals surface area contributed by atoms with Gasteiger partial charge >= 0.3 is 0 Å². The van der Waals surface area contributed by atoms with Crippen LogP contribution in [0.3, 0.4) is 0 Å². The van der Waals surface area contributed by atoms with E-state index in [9.17, 15) is 4.39 Å². The summed E-state index contributed by atoms with van der Waals surface area (Å²) in [4.78, 5) is 11.1. The first-order valence-electron chi connectivity index (χ1n) is 9.07. The standard InChI is InChI=1S/C21H19FN4O/c22-16-10-15(13-23)11-17(12-16)26-9-7-20-19(14-26)25-21(27-20)18-6-4-2-1-3-5-8-24-18/h3,5-6,8,10-12H,1-2,4,7,9,14H2/b5-3+,18-6-,24-8+. The van der Waals surface area contributed by atoms with Gasteiger partial charge < -0.3 is 9.32 Å². The molecule has 27 heavy (non-hydrogen) atoms. The van der Waals surface area contributed by atoms with Gasteiger partial charge in [0, 0.05) is 24.9 Å². The number of benzene rings is 1. The molecule has 5 nitrogen and oxygen atoms in total. The summed E-state index contributed by atoms with van der Waals surface area (Å²) in [6, 6.07) is 6.39. The molecule has 0 spiro atoms. The monoisotopic (exact) mass is 362 g/mol. The van der Waals surface area contributed by atoms with Crippen LogP contribution in [0, 0.1) is 17.1 Å². The minimum absolute atomic E-state index is 0.315. The summed E-state index contributed by atoms with van der Waals surface area (Å²) in [5.74, 6) is 0.976. The summed E-state index contributed by atoms with van der Waals surface area (Å²) in [7, 11) is 0. The molecule has 2 aliphatic rings. The molecule has 136 valence electrons. The summed E-state index contributed by atoms with van der Waals surface area (Å²) in [6.45, 7) is 1.20. The molecule has 0 atom stereocenters. The molecule has 0 amide bonds. The zero-order valence-corrected chi connectivity index (χ0v) is 14.9. The van der Waals surface area contributed by atoms with E-state index in [1.54, 1.807) is 12.3 Å². The Labute approximate surface area is 157 Å². The highest BCUT2D eigenvalue weighted by Crippen LogP contribution is 2.28. The number of aromatic nitrogens is 1. The van der Waals surface area contributed by atoms with Crippen LogP contribution in [0.25, 0.3) is 5.70 Å². The second-order valence-corrected chi connectivity index (χ2v) is 6.60. The highest BCUT2D eigenvalue weighted by molar-refractivity contribution is 5.78.